The van der Waals surface area contributed by atoms with Gasteiger partial charge in [-0.3, -0.25) is 4.79 Å². The molecular formula is C28H24ClN5O2. The van der Waals surface area contributed by atoms with Crippen molar-refractivity contribution >= 4 is 17.5 Å². The van der Waals surface area contributed by atoms with Gasteiger partial charge in [0.05, 0.1) is 29.5 Å². The van der Waals surface area contributed by atoms with Gasteiger partial charge in [0.25, 0.3) is 5.91 Å². The first-order valence-electron chi connectivity index (χ1n) is 11.7. The van der Waals surface area contributed by atoms with Crippen molar-refractivity contribution in [3.8, 4) is 22.8 Å². The average Bonchev–Trinajstić information content (AvgIpc) is 3.64. The Bertz CT molecular complexity index is 1610. The molecule has 0 unspecified atom stereocenters. The molecule has 3 aromatic heterocycles. The number of carbonyl (C=O) groups excluding carboxylic acids is 1. The summed E-state index contributed by atoms with van der Waals surface area (Å²) in [6.07, 6.45) is 4.00. The summed E-state index contributed by atoms with van der Waals surface area (Å²) in [5.41, 5.74) is 6.87. The molecule has 0 aliphatic carbocycles. The zero-order valence-electron chi connectivity index (χ0n) is 20.2. The standard InChI is InChI=1S/C28H24ClN5O2/c1-17-10-11-20(14-18(17)2)34-27(32-12-6-7-13-32)22-15-33(16-24(22)30-34)28(35)25-19(3)36-31-26(25)21-8-4-5-9-23(21)29/h4-14H,15-16H2,1-3H3. The summed E-state index contributed by atoms with van der Waals surface area (Å²) < 4.78 is 9.47. The summed E-state index contributed by atoms with van der Waals surface area (Å²) in [6, 6.07) is 17.6. The fraction of sp³-hybridized carbons (Fsp3) is 0.179. The molecule has 5 aromatic rings. The molecule has 0 spiro atoms. The largest absolute Gasteiger partial charge is 0.360 e. The van der Waals surface area contributed by atoms with Gasteiger partial charge < -0.3 is 14.0 Å². The van der Waals surface area contributed by atoms with Gasteiger partial charge in [-0.25, -0.2) is 4.68 Å². The van der Waals surface area contributed by atoms with Crippen molar-refractivity contribution in [3.05, 3.63) is 106 Å². The SMILES string of the molecule is Cc1ccc(-n2nc3c(c2-n2cccc2)CN(C(=O)c2c(-c4ccccc4Cl)noc2C)C3)cc1C. The van der Waals surface area contributed by atoms with Crippen LogP contribution in [0.3, 0.4) is 0 Å². The number of aromatic nitrogens is 4. The Morgan fingerprint density at radius 3 is 2.50 bits per heavy atom. The Morgan fingerprint density at radius 1 is 0.972 bits per heavy atom. The van der Waals surface area contributed by atoms with Gasteiger partial charge in [-0.05, 0) is 62.2 Å². The second-order valence-electron chi connectivity index (χ2n) is 9.12. The molecule has 8 heteroatoms. The van der Waals surface area contributed by atoms with E-state index in [4.69, 9.17) is 21.2 Å². The zero-order chi connectivity index (χ0) is 25.0. The first-order chi connectivity index (χ1) is 17.4. The molecule has 0 bridgehead atoms. The smallest absolute Gasteiger partial charge is 0.260 e. The second-order valence-corrected chi connectivity index (χ2v) is 9.53. The number of nitrogens with zero attached hydrogens (tertiary/aromatic N) is 5. The van der Waals surface area contributed by atoms with Crippen molar-refractivity contribution in [1.29, 1.82) is 0 Å². The number of amides is 1. The molecule has 1 amide bonds. The van der Waals surface area contributed by atoms with E-state index in [0.29, 0.717) is 40.7 Å². The van der Waals surface area contributed by atoms with E-state index < -0.39 is 0 Å². The Balaban J connectivity index is 1.39. The molecule has 0 atom stereocenters. The van der Waals surface area contributed by atoms with E-state index in [0.717, 1.165) is 22.8 Å². The van der Waals surface area contributed by atoms with Crippen LogP contribution in [0.25, 0.3) is 22.8 Å². The quantitative estimate of drug-likeness (QED) is 0.303. The molecule has 36 heavy (non-hydrogen) atoms. The fourth-order valence-electron chi connectivity index (χ4n) is 4.74. The van der Waals surface area contributed by atoms with Gasteiger partial charge in [0.1, 0.15) is 22.8 Å². The van der Waals surface area contributed by atoms with E-state index in [1.165, 1.54) is 11.1 Å². The summed E-state index contributed by atoms with van der Waals surface area (Å²) in [6.45, 7) is 6.78. The van der Waals surface area contributed by atoms with E-state index >= 15 is 0 Å². The summed E-state index contributed by atoms with van der Waals surface area (Å²) in [7, 11) is 0. The van der Waals surface area contributed by atoms with Crippen LogP contribution in [0.2, 0.25) is 5.02 Å². The maximum Gasteiger partial charge on any atom is 0.260 e. The molecule has 1 aliphatic rings. The Kier molecular flexibility index (Phi) is 5.30. The number of fused-ring (bicyclic) bond motifs is 1. The van der Waals surface area contributed by atoms with Crippen LogP contribution in [0.15, 0.2) is 71.5 Å². The first-order valence-corrected chi connectivity index (χ1v) is 12.1. The fourth-order valence-corrected chi connectivity index (χ4v) is 4.97. The number of carbonyl (C=O) groups is 1. The second kappa shape index (κ2) is 8.53. The van der Waals surface area contributed by atoms with Crippen molar-refractivity contribution in [1.82, 2.24) is 24.4 Å². The van der Waals surface area contributed by atoms with Crippen molar-refractivity contribution in [3.63, 3.8) is 0 Å². The third-order valence-corrected chi connectivity index (χ3v) is 7.14. The van der Waals surface area contributed by atoms with Crippen LogP contribution in [0.5, 0.6) is 0 Å². The van der Waals surface area contributed by atoms with Crippen LogP contribution in [-0.4, -0.2) is 30.3 Å². The van der Waals surface area contributed by atoms with Crippen LogP contribution in [0, 0.1) is 20.8 Å². The van der Waals surface area contributed by atoms with E-state index in [1.54, 1.807) is 17.9 Å². The molecule has 0 fully saturated rings. The minimum atomic E-state index is -0.155. The van der Waals surface area contributed by atoms with Gasteiger partial charge >= 0.3 is 0 Å². The molecule has 180 valence electrons. The van der Waals surface area contributed by atoms with Crippen molar-refractivity contribution in [2.24, 2.45) is 0 Å². The monoisotopic (exact) mass is 497 g/mol. The van der Waals surface area contributed by atoms with E-state index in [-0.39, 0.29) is 5.91 Å². The number of hydrogen-bond donors (Lipinski definition) is 0. The lowest BCUT2D eigenvalue weighted by Crippen LogP contribution is -2.27. The minimum absolute atomic E-state index is 0.155. The lowest BCUT2D eigenvalue weighted by atomic mass is 10.1. The van der Waals surface area contributed by atoms with Crippen LogP contribution in [0.1, 0.15) is 38.5 Å². The van der Waals surface area contributed by atoms with E-state index in [2.05, 4.69) is 41.8 Å². The Labute approximate surface area is 213 Å². The Morgan fingerprint density at radius 2 is 1.75 bits per heavy atom. The highest BCUT2D eigenvalue weighted by Gasteiger charge is 2.35. The van der Waals surface area contributed by atoms with Gasteiger partial charge in [-0.1, -0.05) is 41.0 Å². The van der Waals surface area contributed by atoms with Gasteiger partial charge in [-0.15, -0.1) is 0 Å². The minimum Gasteiger partial charge on any atom is -0.360 e. The first kappa shape index (κ1) is 22.4. The summed E-state index contributed by atoms with van der Waals surface area (Å²) >= 11 is 6.41. The number of hydrogen-bond acceptors (Lipinski definition) is 4. The molecule has 0 saturated heterocycles. The summed E-state index contributed by atoms with van der Waals surface area (Å²) in [4.78, 5) is 15.6. The maximum absolute atomic E-state index is 13.8. The Hall–Kier alpha value is -4.10. The van der Waals surface area contributed by atoms with Gasteiger partial charge in [-0.2, -0.15) is 5.10 Å². The van der Waals surface area contributed by atoms with Gasteiger partial charge in [0.15, 0.2) is 0 Å². The number of halogens is 1. The van der Waals surface area contributed by atoms with E-state index in [9.17, 15) is 4.79 Å². The third-order valence-electron chi connectivity index (χ3n) is 6.81. The van der Waals surface area contributed by atoms with Crippen LogP contribution in [0.4, 0.5) is 0 Å². The van der Waals surface area contributed by atoms with Crippen molar-refractivity contribution in [2.45, 2.75) is 33.9 Å². The summed E-state index contributed by atoms with van der Waals surface area (Å²) in [5, 5.41) is 9.65. The molecule has 7 nitrogen and oxygen atoms in total. The lowest BCUT2D eigenvalue weighted by Gasteiger charge is -2.18. The molecule has 0 N–H and O–H groups in total. The number of rotatable bonds is 4. The van der Waals surface area contributed by atoms with Crippen molar-refractivity contribution < 1.29 is 9.32 Å². The van der Waals surface area contributed by atoms with E-state index in [1.807, 2.05) is 47.4 Å². The average molecular weight is 498 g/mol. The molecule has 0 saturated carbocycles. The van der Waals surface area contributed by atoms with Crippen LogP contribution < -0.4 is 0 Å². The molecule has 0 radical (unpaired) electrons. The predicted molar refractivity (Wildman–Crippen MR) is 138 cm³/mol. The van der Waals surface area contributed by atoms with Crippen LogP contribution >= 0.6 is 11.6 Å². The molecule has 6 rings (SSSR count). The molecular weight excluding hydrogens is 474 g/mol. The summed E-state index contributed by atoms with van der Waals surface area (Å²) in [5.74, 6) is 1.24. The van der Waals surface area contributed by atoms with Crippen LogP contribution in [-0.2, 0) is 13.1 Å². The number of aryl methyl sites for hydroxylation is 3. The lowest BCUT2D eigenvalue weighted by molar-refractivity contribution is 0.0748. The molecule has 2 aromatic carbocycles. The topological polar surface area (TPSA) is 69.1 Å². The normalized spacial score (nSPS) is 12.8. The number of benzene rings is 2. The van der Waals surface area contributed by atoms with Crippen molar-refractivity contribution in [2.75, 3.05) is 0 Å². The van der Waals surface area contributed by atoms with Gasteiger partial charge in [0, 0.05) is 23.5 Å². The maximum atomic E-state index is 13.8. The van der Waals surface area contributed by atoms with Gasteiger partial charge in [0.2, 0.25) is 0 Å². The highest BCUT2D eigenvalue weighted by atomic mass is 35.5. The molecule has 1 aliphatic heterocycles. The highest BCUT2D eigenvalue weighted by Crippen LogP contribution is 2.35. The third kappa shape index (κ3) is 3.55. The predicted octanol–water partition coefficient (Wildman–Crippen LogP) is 6.05. The zero-order valence-corrected chi connectivity index (χ0v) is 21.0. The molecule has 4 heterocycles. The highest BCUT2D eigenvalue weighted by molar-refractivity contribution is 6.33.